The van der Waals surface area contributed by atoms with Crippen LogP contribution in [0.4, 0.5) is 0 Å². The Hall–Kier alpha value is -1.07. The van der Waals surface area contributed by atoms with Crippen LogP contribution in [0.3, 0.4) is 0 Å². The summed E-state index contributed by atoms with van der Waals surface area (Å²) in [6, 6.07) is 8.43. The van der Waals surface area contributed by atoms with E-state index in [-0.39, 0.29) is 5.75 Å². The Morgan fingerprint density at radius 3 is 2.40 bits per heavy atom. The fraction of sp³-hybridized carbons (Fsp3) is 0.222. The van der Waals surface area contributed by atoms with Gasteiger partial charge in [0.15, 0.2) is 0 Å². The van der Waals surface area contributed by atoms with Crippen LogP contribution in [0, 0.1) is 0 Å². The van der Waals surface area contributed by atoms with E-state index in [1.807, 2.05) is 0 Å². The lowest BCUT2D eigenvalue weighted by molar-refractivity contribution is -0.131. The molecule has 0 aromatic heterocycles. The van der Waals surface area contributed by atoms with Gasteiger partial charge >= 0.3 is 16.1 Å². The smallest absolute Gasteiger partial charge is 0.336 e. The maximum Gasteiger partial charge on any atom is 0.336 e. The van der Waals surface area contributed by atoms with Gasteiger partial charge in [-0.25, -0.2) is 4.79 Å². The first-order valence-corrected chi connectivity index (χ1v) is 6.19. The zero-order valence-corrected chi connectivity index (χ0v) is 9.29. The molecule has 0 aliphatic rings. The molecule has 0 aliphatic heterocycles. The largest absolute Gasteiger partial charge is 0.344 e. The molecule has 0 saturated heterocycles. The highest BCUT2D eigenvalue weighted by atomic mass is 35.5. The fourth-order valence-electron chi connectivity index (χ4n) is 0.972. The number of carbonyl (C=O) groups excluding carboxylic acids is 1. The van der Waals surface area contributed by atoms with E-state index in [0.717, 1.165) is 0 Å². The Kier molecular flexibility index (Phi) is 4.11. The monoisotopic (exact) mass is 248 g/mol. The van der Waals surface area contributed by atoms with Crippen molar-refractivity contribution in [3.63, 3.8) is 0 Å². The third-order valence-corrected chi connectivity index (χ3v) is 2.86. The van der Waals surface area contributed by atoms with Gasteiger partial charge in [-0.05, 0) is 5.56 Å². The highest BCUT2D eigenvalue weighted by Gasteiger charge is 2.16. The third-order valence-electron chi connectivity index (χ3n) is 1.52. The molecular weight excluding hydrogens is 240 g/mol. The first-order valence-electron chi connectivity index (χ1n) is 4.08. The highest BCUT2D eigenvalue weighted by molar-refractivity contribution is 7.86. The Labute approximate surface area is 92.9 Å². The second kappa shape index (κ2) is 5.14. The van der Waals surface area contributed by atoms with Crippen molar-refractivity contribution in [2.75, 3.05) is 5.88 Å². The normalized spacial score (nSPS) is 11.0. The van der Waals surface area contributed by atoms with E-state index in [4.69, 9.17) is 11.6 Å². The van der Waals surface area contributed by atoms with Crippen molar-refractivity contribution >= 4 is 27.7 Å². The van der Waals surface area contributed by atoms with Gasteiger partial charge in [0.25, 0.3) is 0 Å². The van der Waals surface area contributed by atoms with Crippen LogP contribution >= 0.6 is 11.6 Å². The van der Waals surface area contributed by atoms with E-state index in [2.05, 4.69) is 4.18 Å². The molecule has 0 atom stereocenters. The minimum absolute atomic E-state index is 0.337. The van der Waals surface area contributed by atoms with Gasteiger partial charge in [0.05, 0.1) is 0 Å². The summed E-state index contributed by atoms with van der Waals surface area (Å²) in [6.07, 6.45) is 0. The summed E-state index contributed by atoms with van der Waals surface area (Å²) in [5, 5.41) is 0. The Morgan fingerprint density at radius 1 is 1.27 bits per heavy atom. The molecule has 0 aliphatic carbocycles. The van der Waals surface area contributed by atoms with Gasteiger partial charge in [-0.3, -0.25) is 0 Å². The topological polar surface area (TPSA) is 60.4 Å². The lowest BCUT2D eigenvalue weighted by atomic mass is 10.2. The summed E-state index contributed by atoms with van der Waals surface area (Å²) in [7, 11) is -3.88. The molecule has 0 spiro atoms. The van der Waals surface area contributed by atoms with Crippen LogP contribution in [0.1, 0.15) is 5.56 Å². The first-order chi connectivity index (χ1) is 7.03. The summed E-state index contributed by atoms with van der Waals surface area (Å²) in [5.41, 5.74) is 0.555. The van der Waals surface area contributed by atoms with Crippen LogP contribution < -0.4 is 0 Å². The lowest BCUT2D eigenvalue weighted by Crippen LogP contribution is -2.15. The molecule has 4 nitrogen and oxygen atoms in total. The van der Waals surface area contributed by atoms with Crippen LogP contribution in [-0.4, -0.2) is 20.3 Å². The molecule has 0 bridgehead atoms. The minimum atomic E-state index is -3.88. The van der Waals surface area contributed by atoms with E-state index in [1.54, 1.807) is 30.3 Å². The highest BCUT2D eigenvalue weighted by Crippen LogP contribution is 2.07. The SMILES string of the molecule is O=C(CCl)OS(=O)(=O)Cc1ccccc1. The van der Waals surface area contributed by atoms with Gasteiger partial charge in [-0.2, -0.15) is 8.42 Å². The van der Waals surface area contributed by atoms with E-state index in [0.29, 0.717) is 5.56 Å². The number of hydrogen-bond acceptors (Lipinski definition) is 4. The maximum absolute atomic E-state index is 11.3. The first kappa shape index (κ1) is 12.0. The lowest BCUT2D eigenvalue weighted by Gasteiger charge is -2.03. The van der Waals surface area contributed by atoms with Crippen LogP contribution in [0.15, 0.2) is 30.3 Å². The van der Waals surface area contributed by atoms with Crippen molar-refractivity contribution in [3.05, 3.63) is 35.9 Å². The van der Waals surface area contributed by atoms with Crippen molar-refractivity contribution in [2.24, 2.45) is 0 Å². The van der Waals surface area contributed by atoms with Gasteiger partial charge in [-0.1, -0.05) is 30.3 Å². The van der Waals surface area contributed by atoms with Crippen molar-refractivity contribution in [2.45, 2.75) is 5.75 Å². The summed E-state index contributed by atoms with van der Waals surface area (Å²) in [6.45, 7) is 0. The molecule has 15 heavy (non-hydrogen) atoms. The summed E-state index contributed by atoms with van der Waals surface area (Å²) >= 11 is 5.12. The van der Waals surface area contributed by atoms with Crippen LogP contribution in [0.5, 0.6) is 0 Å². The summed E-state index contributed by atoms with van der Waals surface area (Å²) in [4.78, 5) is 10.7. The van der Waals surface area contributed by atoms with Gasteiger partial charge in [-0.15, -0.1) is 11.6 Å². The zero-order valence-electron chi connectivity index (χ0n) is 7.72. The molecule has 6 heteroatoms. The van der Waals surface area contributed by atoms with E-state index < -0.39 is 22.0 Å². The molecule has 0 N–H and O–H groups in total. The standard InChI is InChI=1S/C9H9ClO4S/c10-6-9(11)14-15(12,13)7-8-4-2-1-3-5-8/h1-5H,6-7H2. The Bertz CT molecular complexity index is 427. The number of hydrogen-bond donors (Lipinski definition) is 0. The third kappa shape index (κ3) is 4.31. The Balaban J connectivity index is 2.69. The van der Waals surface area contributed by atoms with Crippen molar-refractivity contribution < 1.29 is 17.4 Å². The molecular formula is C9H9ClO4S. The van der Waals surface area contributed by atoms with Gasteiger partial charge < -0.3 is 4.18 Å². The summed E-state index contributed by atoms with van der Waals surface area (Å²) in [5.74, 6) is -1.78. The second-order valence-corrected chi connectivity index (χ2v) is 4.61. The fourth-order valence-corrected chi connectivity index (χ4v) is 2.09. The quantitative estimate of drug-likeness (QED) is 0.595. The molecule has 0 saturated carbocycles. The van der Waals surface area contributed by atoms with Crippen LogP contribution in [-0.2, 0) is 24.8 Å². The number of benzene rings is 1. The molecule has 0 unspecified atom stereocenters. The average Bonchev–Trinajstić information content (AvgIpc) is 2.17. The second-order valence-electron chi connectivity index (χ2n) is 2.78. The molecule has 0 amide bonds. The molecule has 0 heterocycles. The minimum Gasteiger partial charge on any atom is -0.344 e. The van der Waals surface area contributed by atoms with Crippen LogP contribution in [0.25, 0.3) is 0 Å². The number of carbonyl (C=O) groups is 1. The molecule has 1 aromatic rings. The zero-order chi connectivity index (χ0) is 11.3. The van der Waals surface area contributed by atoms with Gasteiger partial charge in [0.2, 0.25) is 0 Å². The van der Waals surface area contributed by atoms with E-state index in [9.17, 15) is 13.2 Å². The predicted octanol–water partition coefficient (Wildman–Crippen LogP) is 1.30. The van der Waals surface area contributed by atoms with Gasteiger partial charge in [0.1, 0.15) is 11.6 Å². The number of halogens is 1. The Morgan fingerprint density at radius 2 is 1.87 bits per heavy atom. The van der Waals surface area contributed by atoms with Crippen molar-refractivity contribution in [1.29, 1.82) is 0 Å². The van der Waals surface area contributed by atoms with E-state index in [1.165, 1.54) is 0 Å². The summed E-state index contributed by atoms with van der Waals surface area (Å²) < 4.78 is 26.7. The maximum atomic E-state index is 11.3. The molecule has 0 radical (unpaired) electrons. The van der Waals surface area contributed by atoms with E-state index >= 15 is 0 Å². The number of alkyl halides is 1. The predicted molar refractivity (Wildman–Crippen MR) is 55.9 cm³/mol. The van der Waals surface area contributed by atoms with Crippen LogP contribution in [0.2, 0.25) is 0 Å². The van der Waals surface area contributed by atoms with Gasteiger partial charge in [0, 0.05) is 0 Å². The number of rotatable bonds is 4. The molecule has 1 rings (SSSR count). The van der Waals surface area contributed by atoms with Crippen molar-refractivity contribution in [3.8, 4) is 0 Å². The molecule has 0 fully saturated rings. The molecule has 1 aromatic carbocycles. The molecule has 82 valence electrons. The average molecular weight is 249 g/mol. The van der Waals surface area contributed by atoms with Crippen molar-refractivity contribution in [1.82, 2.24) is 0 Å².